The molecule has 19 heavy (non-hydrogen) atoms. The molecule has 0 saturated carbocycles. The molecule has 1 heterocycles. The predicted molar refractivity (Wildman–Crippen MR) is 74.6 cm³/mol. The molecule has 1 N–H and O–H groups in total. The van der Waals surface area contributed by atoms with Crippen LogP contribution in [0.5, 0.6) is 0 Å². The quantitative estimate of drug-likeness (QED) is 0.850. The van der Waals surface area contributed by atoms with Crippen molar-refractivity contribution in [3.8, 4) is 0 Å². The molecular weight excluding hydrogens is 271 g/mol. The number of anilines is 1. The van der Waals surface area contributed by atoms with Gasteiger partial charge in [0.05, 0.1) is 5.56 Å². The van der Waals surface area contributed by atoms with Gasteiger partial charge in [-0.25, -0.2) is 0 Å². The second-order valence-electron chi connectivity index (χ2n) is 5.59. The summed E-state index contributed by atoms with van der Waals surface area (Å²) in [4.78, 5) is 0. The van der Waals surface area contributed by atoms with E-state index in [9.17, 15) is 13.2 Å². The van der Waals surface area contributed by atoms with Crippen LogP contribution in [-0.2, 0) is 6.18 Å². The van der Waals surface area contributed by atoms with Gasteiger partial charge in [0.25, 0.3) is 0 Å². The summed E-state index contributed by atoms with van der Waals surface area (Å²) in [6.07, 6.45) is -3.14. The van der Waals surface area contributed by atoms with Gasteiger partial charge >= 0.3 is 6.18 Å². The van der Waals surface area contributed by atoms with Gasteiger partial charge in [-0.3, -0.25) is 0 Å². The minimum Gasteiger partial charge on any atom is -0.381 e. The number of thioether (sulfide) groups is 1. The summed E-state index contributed by atoms with van der Waals surface area (Å²) in [5, 5.41) is 3.36. The third-order valence-corrected chi connectivity index (χ3v) is 4.73. The van der Waals surface area contributed by atoms with Gasteiger partial charge in [0, 0.05) is 17.5 Å². The number of nitrogens with one attached hydrogen (secondary N) is 1. The maximum Gasteiger partial charge on any atom is 0.416 e. The first-order chi connectivity index (χ1) is 8.79. The molecule has 0 radical (unpaired) electrons. The number of hydrogen-bond acceptors (Lipinski definition) is 2. The third-order valence-electron chi connectivity index (χ3n) is 3.67. The zero-order valence-corrected chi connectivity index (χ0v) is 11.9. The Bertz CT molecular complexity index is 425. The molecule has 1 unspecified atom stereocenters. The molecule has 0 amide bonds. The van der Waals surface area contributed by atoms with Crippen LogP contribution in [0.25, 0.3) is 0 Å². The SMILES string of the molecule is CC1(C)CCSCC1Nc1ccc(C(F)(F)F)cc1. The highest BCUT2D eigenvalue weighted by Crippen LogP contribution is 2.36. The molecule has 2 rings (SSSR count). The molecule has 1 aliphatic rings. The van der Waals surface area contributed by atoms with E-state index in [-0.39, 0.29) is 5.41 Å². The highest BCUT2D eigenvalue weighted by atomic mass is 32.2. The highest BCUT2D eigenvalue weighted by molar-refractivity contribution is 7.99. The van der Waals surface area contributed by atoms with Crippen LogP contribution in [-0.4, -0.2) is 17.5 Å². The molecule has 5 heteroatoms. The Morgan fingerprint density at radius 2 is 1.84 bits per heavy atom. The van der Waals surface area contributed by atoms with Crippen LogP contribution >= 0.6 is 11.8 Å². The number of halogens is 3. The summed E-state index contributed by atoms with van der Waals surface area (Å²) in [7, 11) is 0. The van der Waals surface area contributed by atoms with E-state index in [0.29, 0.717) is 6.04 Å². The van der Waals surface area contributed by atoms with Gasteiger partial charge in [-0.2, -0.15) is 24.9 Å². The monoisotopic (exact) mass is 289 g/mol. The van der Waals surface area contributed by atoms with Gasteiger partial charge in [0.1, 0.15) is 0 Å². The zero-order valence-electron chi connectivity index (χ0n) is 11.1. The van der Waals surface area contributed by atoms with E-state index in [1.54, 1.807) is 0 Å². The van der Waals surface area contributed by atoms with E-state index in [0.717, 1.165) is 35.7 Å². The van der Waals surface area contributed by atoms with Crippen LogP contribution in [0.3, 0.4) is 0 Å². The summed E-state index contributed by atoms with van der Waals surface area (Å²) in [6, 6.07) is 5.58. The standard InChI is InChI=1S/C14H18F3NS/c1-13(2)7-8-19-9-12(13)18-11-5-3-10(4-6-11)14(15,16)17/h3-6,12,18H,7-9H2,1-2H3. The number of hydrogen-bond donors (Lipinski definition) is 1. The van der Waals surface area contributed by atoms with Crippen LogP contribution in [0.1, 0.15) is 25.8 Å². The first-order valence-electron chi connectivity index (χ1n) is 6.30. The molecule has 0 aliphatic carbocycles. The third kappa shape index (κ3) is 3.59. The van der Waals surface area contributed by atoms with Crippen LogP contribution in [0.15, 0.2) is 24.3 Å². The Balaban J connectivity index is 2.07. The summed E-state index contributed by atoms with van der Waals surface area (Å²) < 4.78 is 37.4. The summed E-state index contributed by atoms with van der Waals surface area (Å²) in [5.41, 5.74) is 0.331. The van der Waals surface area contributed by atoms with Crippen molar-refractivity contribution in [2.24, 2.45) is 5.41 Å². The first kappa shape index (κ1) is 14.6. The second kappa shape index (κ2) is 5.27. The van der Waals surface area contributed by atoms with E-state index in [1.165, 1.54) is 12.1 Å². The van der Waals surface area contributed by atoms with E-state index in [2.05, 4.69) is 19.2 Å². The largest absolute Gasteiger partial charge is 0.416 e. The lowest BCUT2D eigenvalue weighted by Gasteiger charge is -2.39. The maximum atomic E-state index is 12.5. The molecule has 106 valence electrons. The number of rotatable bonds is 2. The van der Waals surface area contributed by atoms with Gasteiger partial charge < -0.3 is 5.32 Å². The molecule has 0 aromatic heterocycles. The first-order valence-corrected chi connectivity index (χ1v) is 7.46. The van der Waals surface area contributed by atoms with Crippen molar-refractivity contribution in [3.05, 3.63) is 29.8 Å². The van der Waals surface area contributed by atoms with Crippen molar-refractivity contribution in [1.29, 1.82) is 0 Å². The number of alkyl halides is 3. The zero-order chi connectivity index (χ0) is 14.1. The molecular formula is C14H18F3NS. The van der Waals surface area contributed by atoms with Gasteiger partial charge in [-0.15, -0.1) is 0 Å². The van der Waals surface area contributed by atoms with Gasteiger partial charge in [0.2, 0.25) is 0 Å². The van der Waals surface area contributed by atoms with Crippen LogP contribution in [0.4, 0.5) is 18.9 Å². The van der Waals surface area contributed by atoms with E-state index in [4.69, 9.17) is 0 Å². The molecule has 1 aliphatic heterocycles. The van der Waals surface area contributed by atoms with E-state index < -0.39 is 11.7 Å². The van der Waals surface area contributed by atoms with Gasteiger partial charge in [0.15, 0.2) is 0 Å². The van der Waals surface area contributed by atoms with Crippen molar-refractivity contribution in [1.82, 2.24) is 0 Å². The second-order valence-corrected chi connectivity index (χ2v) is 6.74. The van der Waals surface area contributed by atoms with E-state index >= 15 is 0 Å². The maximum absolute atomic E-state index is 12.5. The average Bonchev–Trinajstić information content (AvgIpc) is 2.31. The molecule has 1 aromatic rings. The lowest BCUT2D eigenvalue weighted by Crippen LogP contribution is -2.41. The fraction of sp³-hybridized carbons (Fsp3) is 0.571. The lowest BCUT2D eigenvalue weighted by atomic mass is 9.82. The molecule has 0 bridgehead atoms. The summed E-state index contributed by atoms with van der Waals surface area (Å²) in [5.74, 6) is 2.15. The Kier molecular flexibility index (Phi) is 4.04. The minimum absolute atomic E-state index is 0.175. The molecule has 1 atom stereocenters. The van der Waals surface area contributed by atoms with Crippen LogP contribution < -0.4 is 5.32 Å². The van der Waals surface area contributed by atoms with Crippen molar-refractivity contribution in [2.75, 3.05) is 16.8 Å². The fourth-order valence-corrected chi connectivity index (χ4v) is 3.74. The molecule has 0 spiro atoms. The van der Waals surface area contributed by atoms with Crippen molar-refractivity contribution >= 4 is 17.4 Å². The smallest absolute Gasteiger partial charge is 0.381 e. The Labute approximate surface area is 116 Å². The molecule has 1 nitrogen and oxygen atoms in total. The van der Waals surface area contributed by atoms with Gasteiger partial charge in [-0.05, 0) is 41.9 Å². The Morgan fingerprint density at radius 1 is 1.21 bits per heavy atom. The molecule has 1 saturated heterocycles. The van der Waals surface area contributed by atoms with Crippen molar-refractivity contribution in [3.63, 3.8) is 0 Å². The highest BCUT2D eigenvalue weighted by Gasteiger charge is 2.33. The average molecular weight is 289 g/mol. The van der Waals surface area contributed by atoms with E-state index in [1.807, 2.05) is 11.8 Å². The van der Waals surface area contributed by atoms with Crippen LogP contribution in [0.2, 0.25) is 0 Å². The van der Waals surface area contributed by atoms with Crippen LogP contribution in [0, 0.1) is 5.41 Å². The fourth-order valence-electron chi connectivity index (χ4n) is 2.13. The van der Waals surface area contributed by atoms with Crippen molar-refractivity contribution < 1.29 is 13.2 Å². The Hall–Kier alpha value is -0.840. The summed E-state index contributed by atoms with van der Waals surface area (Å²) in [6.45, 7) is 4.41. The summed E-state index contributed by atoms with van der Waals surface area (Å²) >= 11 is 1.89. The molecule has 1 aromatic carbocycles. The number of benzene rings is 1. The lowest BCUT2D eigenvalue weighted by molar-refractivity contribution is -0.137. The minimum atomic E-state index is -4.27. The topological polar surface area (TPSA) is 12.0 Å². The Morgan fingerprint density at radius 3 is 2.37 bits per heavy atom. The van der Waals surface area contributed by atoms with Crippen molar-refractivity contribution in [2.45, 2.75) is 32.5 Å². The molecule has 1 fully saturated rings. The van der Waals surface area contributed by atoms with Gasteiger partial charge in [-0.1, -0.05) is 13.8 Å². The predicted octanol–water partition coefficient (Wildman–Crippen LogP) is 4.65. The normalized spacial score (nSPS) is 23.1.